The van der Waals surface area contributed by atoms with E-state index < -0.39 is 29.0 Å². The molecule has 5 heteroatoms. The Kier molecular flexibility index (Phi) is 3.08. The van der Waals surface area contributed by atoms with Crippen LogP contribution < -0.4 is 4.90 Å². The highest BCUT2D eigenvalue weighted by Gasteiger charge is 2.66. The number of carbonyl (C=O) groups excluding carboxylic acids is 1. The van der Waals surface area contributed by atoms with Crippen LogP contribution in [-0.2, 0) is 9.59 Å². The second kappa shape index (κ2) is 4.33. The quantitative estimate of drug-likeness (QED) is 0.911. The van der Waals surface area contributed by atoms with Crippen LogP contribution in [0.25, 0.3) is 0 Å². The molecular formula is C14H16FNO3. The summed E-state index contributed by atoms with van der Waals surface area (Å²) in [6.45, 7) is 3.48. The van der Waals surface area contributed by atoms with Gasteiger partial charge in [0.25, 0.3) is 0 Å². The molecule has 0 radical (unpaired) electrons. The van der Waals surface area contributed by atoms with Crippen LogP contribution in [0.15, 0.2) is 24.3 Å². The Morgan fingerprint density at radius 1 is 1.26 bits per heavy atom. The maximum Gasteiger partial charge on any atom is 0.307 e. The highest BCUT2D eigenvalue weighted by atomic mass is 19.1. The van der Waals surface area contributed by atoms with Crippen molar-refractivity contribution >= 4 is 17.6 Å². The fourth-order valence-electron chi connectivity index (χ4n) is 2.61. The minimum atomic E-state index is -0.981. The number of halogens is 1. The molecule has 0 aliphatic heterocycles. The van der Waals surface area contributed by atoms with Crippen molar-refractivity contribution in [1.82, 2.24) is 0 Å². The summed E-state index contributed by atoms with van der Waals surface area (Å²) in [7, 11) is 1.47. The molecule has 1 aliphatic rings. The smallest absolute Gasteiger partial charge is 0.307 e. The van der Waals surface area contributed by atoms with Crippen molar-refractivity contribution in [1.29, 1.82) is 0 Å². The van der Waals surface area contributed by atoms with E-state index in [4.69, 9.17) is 5.11 Å². The fourth-order valence-corrected chi connectivity index (χ4v) is 2.61. The molecule has 1 aromatic carbocycles. The summed E-state index contributed by atoms with van der Waals surface area (Å²) in [5.74, 6) is -3.14. The van der Waals surface area contributed by atoms with E-state index in [0.29, 0.717) is 0 Å². The molecule has 0 bridgehead atoms. The van der Waals surface area contributed by atoms with Crippen LogP contribution in [0, 0.1) is 23.1 Å². The molecule has 102 valence electrons. The summed E-state index contributed by atoms with van der Waals surface area (Å²) in [6, 6.07) is 5.94. The van der Waals surface area contributed by atoms with Crippen molar-refractivity contribution in [3.05, 3.63) is 30.1 Å². The van der Waals surface area contributed by atoms with Gasteiger partial charge >= 0.3 is 5.97 Å². The van der Waals surface area contributed by atoms with E-state index in [1.807, 2.05) is 0 Å². The first-order chi connectivity index (χ1) is 8.78. The zero-order valence-electron chi connectivity index (χ0n) is 11.1. The largest absolute Gasteiger partial charge is 0.481 e. The SMILES string of the molecule is CN(C(=O)C1C(C(=O)O)C1(C)C)c1ccccc1F. The average Bonchev–Trinajstić information content (AvgIpc) is 2.91. The van der Waals surface area contributed by atoms with Crippen LogP contribution in [-0.4, -0.2) is 24.0 Å². The Hall–Kier alpha value is -1.91. The van der Waals surface area contributed by atoms with Crippen LogP contribution in [0.5, 0.6) is 0 Å². The van der Waals surface area contributed by atoms with E-state index in [2.05, 4.69) is 0 Å². The number of hydrogen-bond donors (Lipinski definition) is 1. The molecule has 0 spiro atoms. The normalized spacial score (nSPS) is 23.8. The molecule has 1 saturated carbocycles. The molecule has 1 aromatic rings. The number of hydrogen-bond acceptors (Lipinski definition) is 2. The number of nitrogens with zero attached hydrogens (tertiary/aromatic N) is 1. The van der Waals surface area contributed by atoms with Gasteiger partial charge in [0.05, 0.1) is 17.5 Å². The molecule has 1 aliphatic carbocycles. The molecule has 0 heterocycles. The Bertz CT molecular complexity index is 541. The lowest BCUT2D eigenvalue weighted by Gasteiger charge is -2.18. The van der Waals surface area contributed by atoms with Gasteiger partial charge < -0.3 is 10.0 Å². The fraction of sp³-hybridized carbons (Fsp3) is 0.429. The molecule has 1 fully saturated rings. The lowest BCUT2D eigenvalue weighted by atomic mass is 10.1. The highest BCUT2D eigenvalue weighted by Crippen LogP contribution is 2.59. The molecule has 2 unspecified atom stereocenters. The Morgan fingerprint density at radius 3 is 2.32 bits per heavy atom. The maximum absolute atomic E-state index is 13.6. The van der Waals surface area contributed by atoms with Crippen LogP contribution >= 0.6 is 0 Å². The number of para-hydroxylation sites is 1. The van der Waals surface area contributed by atoms with Gasteiger partial charge in [-0.3, -0.25) is 9.59 Å². The van der Waals surface area contributed by atoms with Gasteiger partial charge in [0, 0.05) is 7.05 Å². The summed E-state index contributed by atoms with van der Waals surface area (Å²) in [6.07, 6.45) is 0. The van der Waals surface area contributed by atoms with E-state index in [0.717, 1.165) is 0 Å². The number of amides is 1. The third-order valence-corrected chi connectivity index (χ3v) is 3.90. The number of rotatable bonds is 3. The summed E-state index contributed by atoms with van der Waals surface area (Å²) in [5.41, 5.74) is -0.415. The summed E-state index contributed by atoms with van der Waals surface area (Å²) in [5, 5.41) is 9.07. The minimum Gasteiger partial charge on any atom is -0.481 e. The van der Waals surface area contributed by atoms with Crippen LogP contribution in [0.4, 0.5) is 10.1 Å². The molecule has 1 N–H and O–H groups in total. The van der Waals surface area contributed by atoms with E-state index in [9.17, 15) is 14.0 Å². The lowest BCUT2D eigenvalue weighted by Crippen LogP contribution is -2.30. The van der Waals surface area contributed by atoms with Gasteiger partial charge in [0.15, 0.2) is 0 Å². The van der Waals surface area contributed by atoms with Crippen molar-refractivity contribution in [3.63, 3.8) is 0 Å². The Balaban J connectivity index is 2.23. The van der Waals surface area contributed by atoms with Crippen molar-refractivity contribution in [2.45, 2.75) is 13.8 Å². The number of benzene rings is 1. The number of aliphatic carboxylic acids is 1. The number of carbonyl (C=O) groups is 2. The van der Waals surface area contributed by atoms with Crippen LogP contribution in [0.1, 0.15) is 13.8 Å². The van der Waals surface area contributed by atoms with Gasteiger partial charge in [0.1, 0.15) is 5.82 Å². The predicted molar refractivity (Wildman–Crippen MR) is 68.2 cm³/mol. The van der Waals surface area contributed by atoms with Gasteiger partial charge in [-0.15, -0.1) is 0 Å². The van der Waals surface area contributed by atoms with Gasteiger partial charge in [-0.2, -0.15) is 0 Å². The summed E-state index contributed by atoms with van der Waals surface area (Å²) < 4.78 is 13.6. The van der Waals surface area contributed by atoms with Crippen molar-refractivity contribution in [2.75, 3.05) is 11.9 Å². The lowest BCUT2D eigenvalue weighted by molar-refractivity contribution is -0.140. The average molecular weight is 265 g/mol. The number of carboxylic acids is 1. The van der Waals surface area contributed by atoms with Crippen molar-refractivity contribution in [3.8, 4) is 0 Å². The van der Waals surface area contributed by atoms with Gasteiger partial charge in [-0.1, -0.05) is 26.0 Å². The van der Waals surface area contributed by atoms with Crippen molar-refractivity contribution < 1.29 is 19.1 Å². The van der Waals surface area contributed by atoms with Gasteiger partial charge in [-0.25, -0.2) is 4.39 Å². The molecule has 1 amide bonds. The first kappa shape index (κ1) is 13.5. The molecular weight excluding hydrogens is 249 g/mol. The third-order valence-electron chi connectivity index (χ3n) is 3.90. The zero-order chi connectivity index (χ0) is 14.4. The minimum absolute atomic E-state index is 0.166. The van der Waals surface area contributed by atoms with Crippen LogP contribution in [0.3, 0.4) is 0 Å². The standard InChI is InChI=1S/C14H16FNO3/c1-14(2)10(11(14)13(18)19)12(17)16(3)9-7-5-4-6-8(9)15/h4-7,10-11H,1-3H3,(H,18,19). The number of anilines is 1. The Morgan fingerprint density at radius 2 is 1.84 bits per heavy atom. The summed E-state index contributed by atoms with van der Waals surface area (Å²) >= 11 is 0. The highest BCUT2D eigenvalue weighted by molar-refractivity contribution is 6.01. The second-order valence-corrected chi connectivity index (χ2v) is 5.46. The maximum atomic E-state index is 13.6. The van der Waals surface area contributed by atoms with Gasteiger partial charge in [0.2, 0.25) is 5.91 Å². The van der Waals surface area contributed by atoms with Crippen LogP contribution in [0.2, 0.25) is 0 Å². The second-order valence-electron chi connectivity index (χ2n) is 5.46. The van der Waals surface area contributed by atoms with Crippen molar-refractivity contribution in [2.24, 2.45) is 17.3 Å². The zero-order valence-corrected chi connectivity index (χ0v) is 11.1. The predicted octanol–water partition coefficient (Wildman–Crippen LogP) is 2.15. The summed E-state index contributed by atoms with van der Waals surface area (Å²) in [4.78, 5) is 24.6. The Labute approximate surface area is 110 Å². The first-order valence-corrected chi connectivity index (χ1v) is 6.03. The van der Waals surface area contributed by atoms with E-state index in [1.165, 1.54) is 30.1 Å². The molecule has 0 saturated heterocycles. The molecule has 4 nitrogen and oxygen atoms in total. The molecule has 2 atom stereocenters. The third kappa shape index (κ3) is 2.09. The molecule has 0 aromatic heterocycles. The van der Waals surface area contributed by atoms with E-state index >= 15 is 0 Å². The number of carboxylic acid groups (broad SMARTS) is 1. The first-order valence-electron chi connectivity index (χ1n) is 6.03. The van der Waals surface area contributed by atoms with E-state index in [-0.39, 0.29) is 11.6 Å². The van der Waals surface area contributed by atoms with E-state index in [1.54, 1.807) is 19.9 Å². The monoisotopic (exact) mass is 265 g/mol. The molecule has 19 heavy (non-hydrogen) atoms. The van der Waals surface area contributed by atoms with Gasteiger partial charge in [-0.05, 0) is 17.5 Å². The topological polar surface area (TPSA) is 57.6 Å². The molecule has 2 rings (SSSR count).